The van der Waals surface area contributed by atoms with E-state index in [0.717, 1.165) is 7.11 Å². The van der Waals surface area contributed by atoms with Gasteiger partial charge in [0.05, 0.1) is 13.5 Å². The number of hydrogen-bond donors (Lipinski definition) is 0. The van der Waals surface area contributed by atoms with Crippen LogP contribution in [-0.2, 0) is 9.53 Å². The van der Waals surface area contributed by atoms with Crippen LogP contribution in [0.1, 0.15) is 24.3 Å². The number of esters is 1. The summed E-state index contributed by atoms with van der Waals surface area (Å²) in [7, 11) is 1.05. The van der Waals surface area contributed by atoms with Gasteiger partial charge in [0, 0.05) is 11.5 Å². The smallest absolute Gasteiger partial charge is 0.306 e. The van der Waals surface area contributed by atoms with Crippen molar-refractivity contribution in [3.63, 3.8) is 0 Å². The Bertz CT molecular complexity index is 513. The van der Waals surface area contributed by atoms with Crippen LogP contribution in [0.4, 0.5) is 22.0 Å². The van der Waals surface area contributed by atoms with Crippen molar-refractivity contribution in [3.8, 4) is 0 Å². The lowest BCUT2D eigenvalue weighted by molar-refractivity contribution is -0.141. The van der Waals surface area contributed by atoms with Crippen LogP contribution in [0.15, 0.2) is 12.7 Å². The molecule has 0 radical (unpaired) electrons. The second-order valence-corrected chi connectivity index (χ2v) is 3.99. The van der Waals surface area contributed by atoms with Crippen molar-refractivity contribution in [1.29, 1.82) is 0 Å². The van der Waals surface area contributed by atoms with Gasteiger partial charge < -0.3 is 4.74 Å². The van der Waals surface area contributed by atoms with Crippen LogP contribution < -0.4 is 0 Å². The van der Waals surface area contributed by atoms with E-state index < -0.39 is 53.0 Å². The molecule has 0 spiro atoms. The highest BCUT2D eigenvalue weighted by atomic mass is 19.2. The maximum atomic E-state index is 13.6. The molecule has 1 atom stereocenters. The largest absolute Gasteiger partial charge is 0.469 e. The SMILES string of the molecule is C=CCC(CC(=O)OC)c1c(F)c(F)c(F)c(F)c1F. The second-order valence-electron chi connectivity index (χ2n) is 3.99. The van der Waals surface area contributed by atoms with Crippen molar-refractivity contribution in [2.45, 2.75) is 18.8 Å². The van der Waals surface area contributed by atoms with Crippen LogP contribution in [0.3, 0.4) is 0 Å². The van der Waals surface area contributed by atoms with Crippen molar-refractivity contribution >= 4 is 5.97 Å². The first kappa shape index (κ1) is 16.1. The lowest BCUT2D eigenvalue weighted by Crippen LogP contribution is -2.15. The third kappa shape index (κ3) is 2.97. The minimum atomic E-state index is -2.24. The van der Waals surface area contributed by atoms with Crippen LogP contribution in [0.5, 0.6) is 0 Å². The highest BCUT2D eigenvalue weighted by Crippen LogP contribution is 2.33. The molecule has 0 aliphatic heterocycles. The number of rotatable bonds is 5. The quantitative estimate of drug-likeness (QED) is 0.273. The number of methoxy groups -OCH3 is 1. The lowest BCUT2D eigenvalue weighted by atomic mass is 9.91. The number of allylic oxidation sites excluding steroid dienone is 1. The minimum Gasteiger partial charge on any atom is -0.469 e. The Morgan fingerprint density at radius 2 is 1.55 bits per heavy atom. The molecule has 0 heterocycles. The highest BCUT2D eigenvalue weighted by Gasteiger charge is 2.31. The number of carbonyl (C=O) groups is 1. The molecule has 0 N–H and O–H groups in total. The van der Waals surface area contributed by atoms with Gasteiger partial charge in [0.2, 0.25) is 5.82 Å². The number of hydrogen-bond acceptors (Lipinski definition) is 2. The molecule has 1 unspecified atom stereocenters. The van der Waals surface area contributed by atoms with Crippen molar-refractivity contribution in [2.24, 2.45) is 0 Å². The first-order chi connectivity index (χ1) is 9.34. The van der Waals surface area contributed by atoms with Crippen LogP contribution >= 0.6 is 0 Å². The molecule has 0 bridgehead atoms. The van der Waals surface area contributed by atoms with E-state index in [4.69, 9.17) is 0 Å². The molecule has 110 valence electrons. The molecule has 1 aromatic rings. The molecular weight excluding hydrogens is 283 g/mol. The van der Waals surface area contributed by atoms with Gasteiger partial charge in [-0.05, 0) is 6.42 Å². The standard InChI is InChI=1S/C13H11F5O2/c1-3-4-6(5-7(19)20-2)8-9(14)11(16)13(18)12(17)10(8)15/h3,6H,1,4-5H2,2H3. The maximum absolute atomic E-state index is 13.6. The topological polar surface area (TPSA) is 26.3 Å². The molecule has 0 aromatic heterocycles. The summed E-state index contributed by atoms with van der Waals surface area (Å²) in [6.45, 7) is 3.32. The Hall–Kier alpha value is -1.92. The number of ether oxygens (including phenoxy) is 1. The monoisotopic (exact) mass is 294 g/mol. The molecule has 0 saturated heterocycles. The molecular formula is C13H11F5O2. The molecule has 0 aliphatic rings. The number of benzene rings is 1. The average Bonchev–Trinajstić information content (AvgIpc) is 2.43. The summed E-state index contributed by atoms with van der Waals surface area (Å²) in [5.74, 6) is -12.3. The van der Waals surface area contributed by atoms with Crippen molar-refractivity contribution in [3.05, 3.63) is 47.3 Å². The summed E-state index contributed by atoms with van der Waals surface area (Å²) in [6, 6.07) is 0. The first-order valence-corrected chi connectivity index (χ1v) is 5.54. The normalized spacial score (nSPS) is 12.1. The molecule has 2 nitrogen and oxygen atoms in total. The van der Waals surface area contributed by atoms with Gasteiger partial charge in [0.15, 0.2) is 23.3 Å². The van der Waals surface area contributed by atoms with E-state index in [1.54, 1.807) is 0 Å². The molecule has 7 heteroatoms. The molecule has 1 aromatic carbocycles. The van der Waals surface area contributed by atoms with E-state index in [1.165, 1.54) is 6.08 Å². The fraction of sp³-hybridized carbons (Fsp3) is 0.308. The third-order valence-corrected chi connectivity index (χ3v) is 2.74. The zero-order chi connectivity index (χ0) is 15.4. The van der Waals surface area contributed by atoms with Gasteiger partial charge in [-0.25, -0.2) is 22.0 Å². The molecule has 0 saturated carbocycles. The third-order valence-electron chi connectivity index (χ3n) is 2.74. The zero-order valence-electron chi connectivity index (χ0n) is 10.5. The number of carbonyl (C=O) groups excluding carboxylic acids is 1. The van der Waals surface area contributed by atoms with Crippen LogP contribution in [-0.4, -0.2) is 13.1 Å². The summed E-state index contributed by atoms with van der Waals surface area (Å²) in [4.78, 5) is 11.2. The van der Waals surface area contributed by atoms with Gasteiger partial charge in [-0.1, -0.05) is 6.08 Å². The lowest BCUT2D eigenvalue weighted by Gasteiger charge is -2.17. The molecule has 1 rings (SSSR count). The van der Waals surface area contributed by atoms with Gasteiger partial charge in [0.1, 0.15) is 0 Å². The summed E-state index contributed by atoms with van der Waals surface area (Å²) >= 11 is 0. The average molecular weight is 294 g/mol. The van der Waals surface area contributed by atoms with Crippen LogP contribution in [0, 0.1) is 29.1 Å². The Morgan fingerprint density at radius 3 is 1.95 bits per heavy atom. The van der Waals surface area contributed by atoms with Gasteiger partial charge in [-0.2, -0.15) is 0 Å². The van der Waals surface area contributed by atoms with E-state index in [-0.39, 0.29) is 6.42 Å². The predicted octanol–water partition coefficient (Wildman–Crippen LogP) is 3.60. The van der Waals surface area contributed by atoms with Crippen molar-refractivity contribution in [2.75, 3.05) is 7.11 Å². The van der Waals surface area contributed by atoms with E-state index in [2.05, 4.69) is 11.3 Å². The summed E-state index contributed by atoms with van der Waals surface area (Å²) in [5.41, 5.74) is -1.04. The van der Waals surface area contributed by atoms with E-state index in [0.29, 0.717) is 0 Å². The Morgan fingerprint density at radius 1 is 1.10 bits per heavy atom. The summed E-state index contributed by atoms with van der Waals surface area (Å²) in [5, 5.41) is 0. The maximum Gasteiger partial charge on any atom is 0.306 e. The molecule has 20 heavy (non-hydrogen) atoms. The molecule has 0 fully saturated rings. The Balaban J connectivity index is 3.40. The number of halogens is 5. The fourth-order valence-corrected chi connectivity index (χ4v) is 1.77. The van der Waals surface area contributed by atoms with Gasteiger partial charge in [-0.15, -0.1) is 6.58 Å². The van der Waals surface area contributed by atoms with Gasteiger partial charge in [0.25, 0.3) is 0 Å². The van der Waals surface area contributed by atoms with Crippen LogP contribution in [0.2, 0.25) is 0 Å². The summed E-state index contributed by atoms with van der Waals surface area (Å²) in [6.07, 6.45) is 0.542. The molecule has 0 aliphatic carbocycles. The Labute approximate surface area is 111 Å². The molecule has 0 amide bonds. The van der Waals surface area contributed by atoms with E-state index >= 15 is 0 Å². The van der Waals surface area contributed by atoms with Gasteiger partial charge >= 0.3 is 5.97 Å². The first-order valence-electron chi connectivity index (χ1n) is 5.54. The zero-order valence-corrected chi connectivity index (χ0v) is 10.5. The minimum absolute atomic E-state index is 0.145. The van der Waals surface area contributed by atoms with E-state index in [1.807, 2.05) is 0 Å². The second kappa shape index (κ2) is 6.49. The highest BCUT2D eigenvalue weighted by molar-refractivity contribution is 5.70. The van der Waals surface area contributed by atoms with Crippen molar-refractivity contribution < 1.29 is 31.5 Å². The van der Waals surface area contributed by atoms with Crippen molar-refractivity contribution in [1.82, 2.24) is 0 Å². The fourth-order valence-electron chi connectivity index (χ4n) is 1.77. The van der Waals surface area contributed by atoms with Gasteiger partial charge in [-0.3, -0.25) is 4.79 Å². The Kier molecular flexibility index (Phi) is 5.24. The van der Waals surface area contributed by atoms with E-state index in [9.17, 15) is 26.7 Å². The predicted molar refractivity (Wildman–Crippen MR) is 60.4 cm³/mol. The van der Waals surface area contributed by atoms with Crippen LogP contribution in [0.25, 0.3) is 0 Å². The summed E-state index contributed by atoms with van der Waals surface area (Å²) < 4.78 is 70.8.